The van der Waals surface area contributed by atoms with E-state index in [1.807, 2.05) is 0 Å². The molecule has 0 radical (unpaired) electrons. The second-order valence-electron chi connectivity index (χ2n) is 8.69. The average Bonchev–Trinajstić information content (AvgIpc) is 3.38. The number of carbonyl (C=O) groups is 2. The number of aliphatic hydroxyl groups excluding tert-OH is 1. The first kappa shape index (κ1) is 22.9. The summed E-state index contributed by atoms with van der Waals surface area (Å²) in [4.78, 5) is 22.6. The van der Waals surface area contributed by atoms with E-state index in [4.69, 9.17) is 10.2 Å². The van der Waals surface area contributed by atoms with Crippen LogP contribution in [0.5, 0.6) is 0 Å². The van der Waals surface area contributed by atoms with Gasteiger partial charge in [0.15, 0.2) is 6.10 Å². The van der Waals surface area contributed by atoms with Gasteiger partial charge >= 0.3 is 5.97 Å². The first-order valence-corrected chi connectivity index (χ1v) is 11.3. The Labute approximate surface area is 194 Å². The summed E-state index contributed by atoms with van der Waals surface area (Å²) < 4.78 is 0. The zero-order valence-electron chi connectivity index (χ0n) is 18.4. The zero-order chi connectivity index (χ0) is 23.3. The summed E-state index contributed by atoms with van der Waals surface area (Å²) in [6.07, 6.45) is 0.200. The van der Waals surface area contributed by atoms with Crippen LogP contribution >= 0.6 is 0 Å². The van der Waals surface area contributed by atoms with Crippen LogP contribution in [0, 0.1) is 11.8 Å². The Morgan fingerprint density at radius 2 is 1.36 bits per heavy atom. The van der Waals surface area contributed by atoms with Crippen molar-refractivity contribution in [2.75, 3.05) is 13.1 Å². The van der Waals surface area contributed by atoms with Gasteiger partial charge in [-0.15, -0.1) is 0 Å². The van der Waals surface area contributed by atoms with Crippen molar-refractivity contribution in [1.29, 1.82) is 0 Å². The highest BCUT2D eigenvalue weighted by atomic mass is 16.4. The van der Waals surface area contributed by atoms with Crippen LogP contribution < -0.4 is 5.32 Å². The van der Waals surface area contributed by atoms with Gasteiger partial charge in [0.2, 0.25) is 0 Å². The van der Waals surface area contributed by atoms with E-state index in [2.05, 4.69) is 66.0 Å². The molecule has 0 unspecified atom stereocenters. The molecule has 3 atom stereocenters. The maximum absolute atomic E-state index is 12.4. The molecule has 3 N–H and O–H groups in total. The van der Waals surface area contributed by atoms with Gasteiger partial charge in [-0.2, -0.15) is 0 Å². The lowest BCUT2D eigenvalue weighted by molar-refractivity contribution is -0.147. The molecule has 170 valence electrons. The summed E-state index contributed by atoms with van der Waals surface area (Å²) in [6, 6.07) is 29.8. The number of carboxylic acids is 1. The fourth-order valence-electron chi connectivity index (χ4n) is 5.36. The summed E-state index contributed by atoms with van der Waals surface area (Å²) in [5.74, 6) is -0.263. The minimum atomic E-state index is -1.41. The minimum Gasteiger partial charge on any atom is -0.479 e. The van der Waals surface area contributed by atoms with E-state index in [-0.39, 0.29) is 11.3 Å². The van der Waals surface area contributed by atoms with Crippen LogP contribution in [0.15, 0.2) is 91.0 Å². The Hall–Kier alpha value is -3.28. The van der Waals surface area contributed by atoms with Crippen molar-refractivity contribution in [3.63, 3.8) is 0 Å². The average molecular weight is 444 g/mol. The summed E-state index contributed by atoms with van der Waals surface area (Å²) in [5, 5.41) is 20.9. The number of carboxylic acid groups (broad SMARTS) is 1. The van der Waals surface area contributed by atoms with Crippen molar-refractivity contribution >= 4 is 11.8 Å². The van der Waals surface area contributed by atoms with Gasteiger partial charge in [-0.3, -0.25) is 4.79 Å². The van der Waals surface area contributed by atoms with E-state index < -0.39 is 12.1 Å². The van der Waals surface area contributed by atoms with Crippen LogP contribution in [0.25, 0.3) is 0 Å². The third-order valence-electron chi connectivity index (χ3n) is 6.95. The van der Waals surface area contributed by atoms with Crippen LogP contribution in [0.4, 0.5) is 0 Å². The van der Waals surface area contributed by atoms with Crippen molar-refractivity contribution in [3.8, 4) is 0 Å². The predicted molar refractivity (Wildman–Crippen MR) is 127 cm³/mol. The van der Waals surface area contributed by atoms with Crippen molar-refractivity contribution in [3.05, 3.63) is 108 Å². The smallest absolute Gasteiger partial charge is 0.337 e. The van der Waals surface area contributed by atoms with Crippen LogP contribution in [0.1, 0.15) is 35.6 Å². The summed E-state index contributed by atoms with van der Waals surface area (Å²) in [7, 11) is 0. The predicted octanol–water partition coefficient (Wildman–Crippen LogP) is 3.98. The molecule has 5 heteroatoms. The third kappa shape index (κ3) is 4.61. The van der Waals surface area contributed by atoms with Gasteiger partial charge in [0.05, 0.1) is 0 Å². The Bertz CT molecular complexity index is 1030. The summed E-state index contributed by atoms with van der Waals surface area (Å²) in [6.45, 7) is 1.77. The van der Waals surface area contributed by atoms with Gasteiger partial charge in [-0.05, 0) is 35.6 Å². The number of aliphatic carboxylic acids is 1. The number of aliphatic hydroxyl groups is 1. The SMILES string of the molecule is O=C(O)[C@@H](O)c1ccccc1.O=C1CCC(c2ccccc2)(c2ccccc2)[C@@H]2CNC[C@H]12. The van der Waals surface area contributed by atoms with Crippen molar-refractivity contribution in [2.45, 2.75) is 24.4 Å². The molecule has 1 heterocycles. The molecule has 2 aliphatic rings. The first-order valence-electron chi connectivity index (χ1n) is 11.3. The second kappa shape index (κ2) is 10.1. The lowest BCUT2D eigenvalue weighted by Crippen LogP contribution is -2.47. The Morgan fingerprint density at radius 3 is 1.88 bits per heavy atom. The van der Waals surface area contributed by atoms with Gasteiger partial charge in [-0.25, -0.2) is 4.79 Å². The largest absolute Gasteiger partial charge is 0.479 e. The number of nitrogens with one attached hydrogen (secondary N) is 1. The Morgan fingerprint density at radius 1 is 0.848 bits per heavy atom. The molecule has 0 amide bonds. The molecular formula is C28H29NO4. The molecule has 5 nitrogen and oxygen atoms in total. The first-order chi connectivity index (χ1) is 16.0. The number of carbonyl (C=O) groups excluding carboxylic acids is 1. The maximum Gasteiger partial charge on any atom is 0.337 e. The van der Waals surface area contributed by atoms with E-state index in [0.717, 1.165) is 19.5 Å². The highest BCUT2D eigenvalue weighted by molar-refractivity contribution is 5.84. The monoisotopic (exact) mass is 443 g/mol. The van der Waals surface area contributed by atoms with E-state index >= 15 is 0 Å². The molecule has 1 aliphatic heterocycles. The van der Waals surface area contributed by atoms with Gasteiger partial charge in [0, 0.05) is 24.3 Å². The van der Waals surface area contributed by atoms with Gasteiger partial charge in [0.25, 0.3) is 0 Å². The topological polar surface area (TPSA) is 86.6 Å². The molecular weight excluding hydrogens is 414 g/mol. The van der Waals surface area contributed by atoms with Crippen molar-refractivity contribution in [2.24, 2.45) is 11.8 Å². The molecule has 1 aliphatic carbocycles. The Kier molecular flexibility index (Phi) is 7.02. The number of rotatable bonds is 4. The van der Waals surface area contributed by atoms with Crippen LogP contribution in [-0.2, 0) is 15.0 Å². The molecule has 1 saturated carbocycles. The van der Waals surface area contributed by atoms with Crippen LogP contribution in [0.3, 0.4) is 0 Å². The van der Waals surface area contributed by atoms with Crippen LogP contribution in [-0.4, -0.2) is 35.1 Å². The molecule has 2 fully saturated rings. The van der Waals surface area contributed by atoms with Crippen LogP contribution in [0.2, 0.25) is 0 Å². The lowest BCUT2D eigenvalue weighted by atomic mass is 9.56. The van der Waals surface area contributed by atoms with E-state index in [1.54, 1.807) is 30.3 Å². The number of Topliss-reactive ketones (excluding diaryl/α,β-unsaturated/α-hetero) is 1. The molecule has 0 aromatic heterocycles. The number of hydrogen-bond donors (Lipinski definition) is 3. The Balaban J connectivity index is 0.000000200. The number of fused-ring (bicyclic) bond motifs is 1. The molecule has 5 rings (SSSR count). The normalized spacial score (nSPS) is 21.9. The lowest BCUT2D eigenvalue weighted by Gasteiger charge is -2.45. The number of benzene rings is 3. The molecule has 3 aromatic carbocycles. The van der Waals surface area contributed by atoms with Crippen molar-refractivity contribution in [1.82, 2.24) is 5.32 Å². The zero-order valence-corrected chi connectivity index (χ0v) is 18.4. The fourth-order valence-corrected chi connectivity index (χ4v) is 5.36. The molecule has 3 aromatic rings. The maximum atomic E-state index is 12.4. The van der Waals surface area contributed by atoms with Gasteiger partial charge in [0.1, 0.15) is 5.78 Å². The molecule has 33 heavy (non-hydrogen) atoms. The standard InChI is InChI=1S/C20H21NO.C8H8O3/c22-19-11-12-20(15-7-3-1-4-8-15,16-9-5-2-6-10-16)18-14-21-13-17(18)19;9-7(8(10)11)6-4-2-1-3-5-6/h1-10,17-18,21H,11-14H2;1-5,7,9H,(H,10,11)/t17-,18+;7-/m00/s1. The van der Waals surface area contributed by atoms with Crippen molar-refractivity contribution < 1.29 is 19.8 Å². The van der Waals surface area contributed by atoms with E-state index in [0.29, 0.717) is 23.7 Å². The van der Waals surface area contributed by atoms with Gasteiger partial charge in [-0.1, -0.05) is 91.0 Å². The summed E-state index contributed by atoms with van der Waals surface area (Å²) >= 11 is 0. The number of hydrogen-bond acceptors (Lipinski definition) is 4. The van der Waals surface area contributed by atoms with E-state index in [1.165, 1.54) is 11.1 Å². The van der Waals surface area contributed by atoms with Gasteiger partial charge < -0.3 is 15.5 Å². The number of ketones is 1. The second-order valence-corrected chi connectivity index (χ2v) is 8.69. The molecule has 0 spiro atoms. The quantitative estimate of drug-likeness (QED) is 0.568. The molecule has 0 bridgehead atoms. The highest BCUT2D eigenvalue weighted by Gasteiger charge is 2.52. The molecule has 1 saturated heterocycles. The fraction of sp³-hybridized carbons (Fsp3) is 0.286. The highest BCUT2D eigenvalue weighted by Crippen LogP contribution is 2.50. The third-order valence-corrected chi connectivity index (χ3v) is 6.95. The van der Waals surface area contributed by atoms with E-state index in [9.17, 15) is 9.59 Å². The minimum absolute atomic E-state index is 0.0371. The summed E-state index contributed by atoms with van der Waals surface area (Å²) in [5.41, 5.74) is 3.07.